The van der Waals surface area contributed by atoms with Gasteiger partial charge in [0.2, 0.25) is 0 Å². The van der Waals surface area contributed by atoms with Crippen molar-refractivity contribution >= 4 is 39.7 Å². The van der Waals surface area contributed by atoms with Gasteiger partial charge in [-0.1, -0.05) is 18.5 Å². The topological polar surface area (TPSA) is 85.1 Å². The van der Waals surface area contributed by atoms with Crippen LogP contribution in [0.4, 0.5) is 10.8 Å². The molecule has 6 nitrogen and oxygen atoms in total. The van der Waals surface area contributed by atoms with Gasteiger partial charge in [0.15, 0.2) is 5.13 Å². The molecule has 0 saturated carbocycles. The average Bonchev–Trinajstić information content (AvgIpc) is 2.88. The van der Waals surface area contributed by atoms with Crippen LogP contribution in [0.15, 0.2) is 18.2 Å². The molecule has 0 spiro atoms. The SMILES string of the molecule is C[C@H]1CCc2nc(NC(=O)c3ccc(Cl)c([N+](=O)[O-])c3)sc2C1. The van der Waals surface area contributed by atoms with Gasteiger partial charge in [0, 0.05) is 16.5 Å². The van der Waals surface area contributed by atoms with Crippen molar-refractivity contribution in [3.8, 4) is 0 Å². The van der Waals surface area contributed by atoms with Gasteiger partial charge in [-0.3, -0.25) is 20.2 Å². The third kappa shape index (κ3) is 3.35. The van der Waals surface area contributed by atoms with Crippen molar-refractivity contribution < 1.29 is 9.72 Å². The number of hydrogen-bond donors (Lipinski definition) is 1. The van der Waals surface area contributed by atoms with Gasteiger partial charge in [-0.05, 0) is 37.3 Å². The molecule has 1 atom stereocenters. The number of nitro benzene ring substituents is 1. The Morgan fingerprint density at radius 1 is 1.52 bits per heavy atom. The van der Waals surface area contributed by atoms with E-state index in [1.54, 1.807) is 0 Å². The van der Waals surface area contributed by atoms with Crippen LogP contribution in [0.5, 0.6) is 0 Å². The zero-order valence-electron chi connectivity index (χ0n) is 12.3. The Labute approximate surface area is 141 Å². The van der Waals surface area contributed by atoms with Crippen LogP contribution in [-0.2, 0) is 12.8 Å². The van der Waals surface area contributed by atoms with Crippen LogP contribution in [0.25, 0.3) is 0 Å². The monoisotopic (exact) mass is 351 g/mol. The van der Waals surface area contributed by atoms with Gasteiger partial charge >= 0.3 is 0 Å². The zero-order chi connectivity index (χ0) is 16.6. The van der Waals surface area contributed by atoms with E-state index in [1.807, 2.05) is 0 Å². The molecule has 1 heterocycles. The molecule has 2 aromatic rings. The largest absolute Gasteiger partial charge is 0.298 e. The highest BCUT2D eigenvalue weighted by molar-refractivity contribution is 7.15. The maximum absolute atomic E-state index is 12.3. The number of amides is 1. The number of nitrogens with zero attached hydrogens (tertiary/aromatic N) is 2. The first-order chi connectivity index (χ1) is 10.9. The van der Waals surface area contributed by atoms with Gasteiger partial charge in [-0.25, -0.2) is 4.98 Å². The van der Waals surface area contributed by atoms with Crippen molar-refractivity contribution in [3.63, 3.8) is 0 Å². The van der Waals surface area contributed by atoms with Crippen molar-refractivity contribution in [1.82, 2.24) is 4.98 Å². The minimum atomic E-state index is -0.609. The quantitative estimate of drug-likeness (QED) is 0.666. The third-order valence-corrected chi connectivity index (χ3v) is 5.17. The summed E-state index contributed by atoms with van der Waals surface area (Å²) in [7, 11) is 0. The standard InChI is InChI=1S/C15H14ClN3O3S/c1-8-2-5-11-13(6-8)23-15(17-11)18-14(20)9-3-4-10(16)12(7-9)19(21)22/h3-4,7-8H,2,5-6H2,1H3,(H,17,18,20)/t8-/m0/s1. The van der Waals surface area contributed by atoms with Crippen molar-refractivity contribution in [1.29, 1.82) is 0 Å². The number of aryl methyl sites for hydroxylation is 1. The van der Waals surface area contributed by atoms with Crippen LogP contribution in [-0.4, -0.2) is 15.8 Å². The summed E-state index contributed by atoms with van der Waals surface area (Å²) < 4.78 is 0. The summed E-state index contributed by atoms with van der Waals surface area (Å²) in [6.07, 6.45) is 3.01. The number of halogens is 1. The predicted molar refractivity (Wildman–Crippen MR) is 89.4 cm³/mol. The Bertz CT molecular complexity index is 790. The minimum Gasteiger partial charge on any atom is -0.298 e. The molecule has 23 heavy (non-hydrogen) atoms. The third-order valence-electron chi connectivity index (χ3n) is 3.81. The highest BCUT2D eigenvalue weighted by Gasteiger charge is 2.21. The molecule has 1 aromatic carbocycles. The number of benzene rings is 1. The fraction of sp³-hybridized carbons (Fsp3) is 0.333. The molecule has 8 heteroatoms. The lowest BCUT2D eigenvalue weighted by molar-refractivity contribution is -0.384. The first-order valence-electron chi connectivity index (χ1n) is 7.18. The van der Waals surface area contributed by atoms with E-state index in [-0.39, 0.29) is 16.3 Å². The summed E-state index contributed by atoms with van der Waals surface area (Å²) in [6, 6.07) is 3.98. The predicted octanol–water partition coefficient (Wildman–Crippen LogP) is 4.08. The number of nitro groups is 1. The number of thiazole rings is 1. The Morgan fingerprint density at radius 2 is 2.30 bits per heavy atom. The van der Waals surface area contributed by atoms with E-state index in [2.05, 4.69) is 17.2 Å². The molecule has 0 aliphatic heterocycles. The molecule has 1 N–H and O–H groups in total. The Kier molecular flexibility index (Phi) is 4.32. The fourth-order valence-electron chi connectivity index (χ4n) is 2.56. The first-order valence-corrected chi connectivity index (χ1v) is 8.37. The number of aromatic nitrogens is 1. The number of anilines is 1. The van der Waals surface area contributed by atoms with Crippen molar-refractivity contribution in [2.24, 2.45) is 5.92 Å². The van der Waals surface area contributed by atoms with E-state index in [0.717, 1.165) is 25.0 Å². The molecule has 1 amide bonds. The number of hydrogen-bond acceptors (Lipinski definition) is 5. The van der Waals surface area contributed by atoms with Gasteiger partial charge in [-0.15, -0.1) is 11.3 Å². The summed E-state index contributed by atoms with van der Waals surface area (Å²) in [5, 5.41) is 14.2. The number of rotatable bonds is 3. The van der Waals surface area contributed by atoms with Gasteiger partial charge in [0.25, 0.3) is 11.6 Å². The van der Waals surface area contributed by atoms with Crippen LogP contribution in [0.2, 0.25) is 5.02 Å². The smallest absolute Gasteiger partial charge is 0.288 e. The average molecular weight is 352 g/mol. The summed E-state index contributed by atoms with van der Waals surface area (Å²) in [5.74, 6) is 0.203. The normalized spacial score (nSPS) is 16.7. The lowest BCUT2D eigenvalue weighted by atomic mass is 9.93. The molecule has 0 fully saturated rings. The molecule has 0 bridgehead atoms. The van der Waals surface area contributed by atoms with E-state index in [0.29, 0.717) is 11.0 Å². The molecule has 120 valence electrons. The van der Waals surface area contributed by atoms with Gasteiger partial charge < -0.3 is 0 Å². The van der Waals surface area contributed by atoms with Crippen molar-refractivity contribution in [2.45, 2.75) is 26.2 Å². The molecular weight excluding hydrogens is 338 g/mol. The van der Waals surface area contributed by atoms with Crippen molar-refractivity contribution in [2.75, 3.05) is 5.32 Å². The highest BCUT2D eigenvalue weighted by Crippen LogP contribution is 2.32. The van der Waals surface area contributed by atoms with E-state index in [4.69, 9.17) is 11.6 Å². The van der Waals surface area contributed by atoms with E-state index in [9.17, 15) is 14.9 Å². The molecular formula is C15H14ClN3O3S. The molecule has 1 aliphatic carbocycles. The molecule has 0 unspecified atom stereocenters. The Hall–Kier alpha value is -1.99. The molecule has 1 aromatic heterocycles. The van der Waals surface area contributed by atoms with Crippen LogP contribution in [0.3, 0.4) is 0 Å². The lowest BCUT2D eigenvalue weighted by Gasteiger charge is -2.15. The van der Waals surface area contributed by atoms with E-state index in [1.165, 1.54) is 34.4 Å². The maximum Gasteiger partial charge on any atom is 0.288 e. The second-order valence-electron chi connectivity index (χ2n) is 5.61. The number of fused-ring (bicyclic) bond motifs is 1. The number of carbonyl (C=O) groups excluding carboxylic acids is 1. The summed E-state index contributed by atoms with van der Waals surface area (Å²) in [5.41, 5.74) is 0.944. The van der Waals surface area contributed by atoms with Crippen molar-refractivity contribution in [3.05, 3.63) is 49.5 Å². The van der Waals surface area contributed by atoms with Gasteiger partial charge in [-0.2, -0.15) is 0 Å². The first kappa shape index (κ1) is 15.9. The molecule has 0 radical (unpaired) electrons. The van der Waals surface area contributed by atoms with Crippen LogP contribution in [0.1, 0.15) is 34.3 Å². The summed E-state index contributed by atoms with van der Waals surface area (Å²) in [4.78, 5) is 28.2. The number of carbonyl (C=O) groups is 1. The fourth-order valence-corrected chi connectivity index (χ4v) is 3.91. The van der Waals surface area contributed by atoms with E-state index >= 15 is 0 Å². The van der Waals surface area contributed by atoms with Crippen LogP contribution < -0.4 is 5.32 Å². The Morgan fingerprint density at radius 3 is 3.04 bits per heavy atom. The summed E-state index contributed by atoms with van der Waals surface area (Å²) in [6.45, 7) is 2.20. The highest BCUT2D eigenvalue weighted by atomic mass is 35.5. The molecule has 3 rings (SSSR count). The summed E-state index contributed by atoms with van der Waals surface area (Å²) >= 11 is 7.23. The van der Waals surface area contributed by atoms with Gasteiger partial charge in [0.05, 0.1) is 10.6 Å². The number of nitrogens with one attached hydrogen (secondary N) is 1. The molecule has 0 saturated heterocycles. The van der Waals surface area contributed by atoms with Gasteiger partial charge in [0.1, 0.15) is 5.02 Å². The van der Waals surface area contributed by atoms with E-state index < -0.39 is 10.8 Å². The second-order valence-corrected chi connectivity index (χ2v) is 7.11. The van der Waals surface area contributed by atoms with Crippen LogP contribution >= 0.6 is 22.9 Å². The maximum atomic E-state index is 12.3. The minimum absolute atomic E-state index is 0.00486. The lowest BCUT2D eigenvalue weighted by Crippen LogP contribution is -2.12. The second kappa shape index (κ2) is 6.25. The molecule has 1 aliphatic rings. The van der Waals surface area contributed by atoms with Crippen LogP contribution in [0, 0.1) is 16.0 Å². The zero-order valence-corrected chi connectivity index (χ0v) is 13.9. The Balaban J connectivity index is 1.80.